The zero-order valence-electron chi connectivity index (χ0n) is 13.8. The monoisotopic (exact) mass is 389 g/mol. The summed E-state index contributed by atoms with van der Waals surface area (Å²) in [5, 5.41) is 2.30. The van der Waals surface area contributed by atoms with Gasteiger partial charge in [-0.15, -0.1) is 0 Å². The second-order valence-electron chi connectivity index (χ2n) is 5.40. The lowest BCUT2D eigenvalue weighted by molar-refractivity contribution is -0.137. The van der Waals surface area contributed by atoms with Crippen LogP contribution in [-0.2, 0) is 6.18 Å². The van der Waals surface area contributed by atoms with Crippen molar-refractivity contribution in [1.29, 1.82) is 0 Å². The van der Waals surface area contributed by atoms with Crippen LogP contribution in [0.5, 0.6) is 5.75 Å². The molecule has 0 saturated carbocycles. The van der Waals surface area contributed by atoms with Gasteiger partial charge >= 0.3 is 12.4 Å². The van der Waals surface area contributed by atoms with Crippen LogP contribution in [0.15, 0.2) is 48.5 Å². The van der Waals surface area contributed by atoms with Crippen molar-refractivity contribution in [1.82, 2.24) is 0 Å². The van der Waals surface area contributed by atoms with Gasteiger partial charge in [-0.25, -0.2) is 0 Å². The van der Waals surface area contributed by atoms with Crippen LogP contribution in [0, 0.1) is 0 Å². The molecule has 1 amide bonds. The van der Waals surface area contributed by atoms with E-state index in [1.54, 1.807) is 0 Å². The largest absolute Gasteiger partial charge is 0.497 e. The zero-order valence-corrected chi connectivity index (χ0v) is 13.8. The second-order valence-corrected chi connectivity index (χ2v) is 5.40. The number of benzene rings is 2. The van der Waals surface area contributed by atoms with Gasteiger partial charge in [0, 0.05) is 23.4 Å². The molecule has 0 aromatic heterocycles. The number of anilines is 1. The van der Waals surface area contributed by atoms with E-state index in [0.717, 1.165) is 18.2 Å². The molecule has 0 bridgehead atoms. The quantitative estimate of drug-likeness (QED) is 0.697. The van der Waals surface area contributed by atoms with Crippen molar-refractivity contribution in [3.8, 4) is 5.75 Å². The molecule has 0 spiro atoms. The van der Waals surface area contributed by atoms with Gasteiger partial charge in [-0.05, 0) is 29.8 Å². The minimum Gasteiger partial charge on any atom is -0.497 e. The molecule has 2 aromatic carbocycles. The third kappa shape index (κ3) is 6.05. The van der Waals surface area contributed by atoms with Gasteiger partial charge in [0.2, 0.25) is 0 Å². The Kier molecular flexibility index (Phi) is 5.82. The van der Waals surface area contributed by atoms with Crippen molar-refractivity contribution in [2.24, 2.45) is 0 Å². The molecular formula is C18H13F6NO2. The molecule has 3 nitrogen and oxygen atoms in total. The predicted octanol–water partition coefficient (Wildman–Crippen LogP) is 5.54. The van der Waals surface area contributed by atoms with Crippen LogP contribution < -0.4 is 10.1 Å². The molecule has 0 fully saturated rings. The molecule has 2 rings (SSSR count). The normalized spacial score (nSPS) is 12.3. The summed E-state index contributed by atoms with van der Waals surface area (Å²) >= 11 is 0. The molecule has 0 saturated heterocycles. The molecule has 27 heavy (non-hydrogen) atoms. The molecule has 0 aliphatic rings. The zero-order chi connectivity index (χ0) is 20.2. The highest BCUT2D eigenvalue weighted by Gasteiger charge is 2.31. The van der Waals surface area contributed by atoms with E-state index in [0.29, 0.717) is 0 Å². The number of methoxy groups -OCH3 is 1. The summed E-state index contributed by atoms with van der Waals surface area (Å²) in [6.45, 7) is 0. The Bertz CT molecular complexity index is 838. The summed E-state index contributed by atoms with van der Waals surface area (Å²) in [7, 11) is 1.19. The first-order chi connectivity index (χ1) is 12.5. The Hall–Kier alpha value is -2.97. The number of rotatable bonds is 4. The van der Waals surface area contributed by atoms with Gasteiger partial charge in [0.1, 0.15) is 5.75 Å². The lowest BCUT2D eigenvalue weighted by Crippen LogP contribution is -2.13. The van der Waals surface area contributed by atoms with Gasteiger partial charge in [0.05, 0.1) is 12.7 Å². The third-order valence-electron chi connectivity index (χ3n) is 3.37. The second kappa shape index (κ2) is 7.73. The van der Waals surface area contributed by atoms with Crippen molar-refractivity contribution in [3.63, 3.8) is 0 Å². The minimum atomic E-state index is -4.62. The molecule has 0 atom stereocenters. The topological polar surface area (TPSA) is 38.3 Å². The summed E-state index contributed by atoms with van der Waals surface area (Å²) < 4.78 is 79.9. The Labute approximate surface area is 150 Å². The Morgan fingerprint density at radius 3 is 2.15 bits per heavy atom. The molecule has 0 heterocycles. The van der Waals surface area contributed by atoms with Gasteiger partial charge in [-0.3, -0.25) is 4.79 Å². The fraction of sp³-hybridized carbons (Fsp3) is 0.167. The van der Waals surface area contributed by atoms with Crippen LogP contribution in [0.3, 0.4) is 0 Å². The summed E-state index contributed by atoms with van der Waals surface area (Å²) in [5.41, 5.74) is -0.849. The number of hydrogen-bond acceptors (Lipinski definition) is 2. The van der Waals surface area contributed by atoms with Crippen LogP contribution in [-0.4, -0.2) is 19.2 Å². The molecule has 0 radical (unpaired) electrons. The molecule has 1 N–H and O–H groups in total. The molecule has 9 heteroatoms. The Morgan fingerprint density at radius 1 is 1.00 bits per heavy atom. The number of ether oxygens (including phenoxy) is 1. The van der Waals surface area contributed by atoms with Crippen LogP contribution in [0.1, 0.15) is 21.5 Å². The van der Waals surface area contributed by atoms with E-state index in [9.17, 15) is 31.1 Å². The highest BCUT2D eigenvalue weighted by Crippen LogP contribution is 2.34. The lowest BCUT2D eigenvalue weighted by atomic mass is 10.1. The fourth-order valence-corrected chi connectivity index (χ4v) is 2.09. The highest BCUT2D eigenvalue weighted by atomic mass is 19.4. The van der Waals surface area contributed by atoms with E-state index >= 15 is 0 Å². The van der Waals surface area contributed by atoms with E-state index in [-0.39, 0.29) is 28.6 Å². The number of hydrogen-bond donors (Lipinski definition) is 1. The molecule has 2 aromatic rings. The lowest BCUT2D eigenvalue weighted by Gasteiger charge is -2.12. The van der Waals surface area contributed by atoms with Gasteiger partial charge in [0.15, 0.2) is 0 Å². The number of nitrogens with one attached hydrogen (secondary N) is 1. The van der Waals surface area contributed by atoms with E-state index in [2.05, 4.69) is 5.32 Å². The van der Waals surface area contributed by atoms with Crippen molar-refractivity contribution >= 4 is 17.7 Å². The first-order valence-corrected chi connectivity index (χ1v) is 7.41. The number of halogens is 6. The SMILES string of the molecule is COc1cc(NC(=O)c2ccc(/C=C/C(F)(F)F)cc2)cc(C(F)(F)F)c1. The summed E-state index contributed by atoms with van der Waals surface area (Å²) in [6.07, 6.45) is -8.20. The first kappa shape index (κ1) is 20.3. The Balaban J connectivity index is 2.19. The van der Waals surface area contributed by atoms with Crippen LogP contribution in [0.25, 0.3) is 6.08 Å². The molecule has 0 aliphatic carbocycles. The van der Waals surface area contributed by atoms with Crippen LogP contribution in [0.2, 0.25) is 0 Å². The summed E-state index contributed by atoms with van der Waals surface area (Å²) in [5.74, 6) is -0.810. The van der Waals surface area contributed by atoms with Gasteiger partial charge < -0.3 is 10.1 Å². The summed E-state index contributed by atoms with van der Waals surface area (Å²) in [4.78, 5) is 12.2. The minimum absolute atomic E-state index is 0.0526. The average molecular weight is 389 g/mol. The van der Waals surface area contributed by atoms with Crippen LogP contribution in [0.4, 0.5) is 32.0 Å². The fourth-order valence-electron chi connectivity index (χ4n) is 2.09. The van der Waals surface area contributed by atoms with E-state index in [4.69, 9.17) is 4.74 Å². The van der Waals surface area contributed by atoms with Crippen molar-refractivity contribution in [2.75, 3.05) is 12.4 Å². The average Bonchev–Trinajstić information content (AvgIpc) is 2.58. The number of carbonyl (C=O) groups is 1. The highest BCUT2D eigenvalue weighted by molar-refractivity contribution is 6.04. The Morgan fingerprint density at radius 2 is 1.63 bits per heavy atom. The molecule has 144 valence electrons. The summed E-state index contributed by atoms with van der Waals surface area (Å²) in [6, 6.07) is 7.84. The van der Waals surface area contributed by atoms with Gasteiger partial charge in [-0.2, -0.15) is 26.3 Å². The maximum atomic E-state index is 12.9. The van der Waals surface area contributed by atoms with Gasteiger partial charge in [-0.1, -0.05) is 18.2 Å². The number of alkyl halides is 6. The van der Waals surface area contributed by atoms with E-state index in [1.807, 2.05) is 0 Å². The van der Waals surface area contributed by atoms with Crippen LogP contribution >= 0.6 is 0 Å². The maximum Gasteiger partial charge on any atom is 0.416 e. The van der Waals surface area contributed by atoms with E-state index in [1.165, 1.54) is 37.4 Å². The molecular weight excluding hydrogens is 376 g/mol. The first-order valence-electron chi connectivity index (χ1n) is 7.41. The van der Waals surface area contributed by atoms with Crippen molar-refractivity contribution in [2.45, 2.75) is 12.4 Å². The smallest absolute Gasteiger partial charge is 0.416 e. The predicted molar refractivity (Wildman–Crippen MR) is 87.5 cm³/mol. The maximum absolute atomic E-state index is 12.9. The van der Waals surface area contributed by atoms with Crippen molar-refractivity contribution in [3.05, 3.63) is 65.2 Å². The standard InChI is InChI=1S/C18H13F6NO2/c1-27-15-9-13(18(22,23)24)8-14(10-15)25-16(26)12-4-2-11(3-5-12)6-7-17(19,20)21/h2-10H,1H3,(H,25,26)/b7-6+. The molecule has 0 unspecified atom stereocenters. The number of carbonyl (C=O) groups excluding carboxylic acids is 1. The number of amides is 1. The van der Waals surface area contributed by atoms with E-state index < -0.39 is 23.8 Å². The number of allylic oxidation sites excluding steroid dienone is 1. The third-order valence-corrected chi connectivity index (χ3v) is 3.37. The van der Waals surface area contributed by atoms with Crippen molar-refractivity contribution < 1.29 is 35.9 Å². The van der Waals surface area contributed by atoms with Gasteiger partial charge in [0.25, 0.3) is 5.91 Å². The molecule has 0 aliphatic heterocycles.